The van der Waals surface area contributed by atoms with E-state index in [0.717, 1.165) is 29.1 Å². The molecule has 7 heteroatoms. The molecule has 1 heterocycles. The summed E-state index contributed by atoms with van der Waals surface area (Å²) in [6, 6.07) is 13.6. The topological polar surface area (TPSA) is 59.1 Å². The molecule has 2 aromatic carbocycles. The standard InChI is InChI=1S/C25H30N2O4S/c1-26(15-18-12-13-21-22(14-18)31-17-30-21)25(29)20-10-6-7-11-23(20)32-16-24(28)27(2)19-8-4-3-5-9-19/h6-7,10-14,19H,3-5,8-9,15-17H2,1-2H3. The number of ether oxygens (including phenoxy) is 2. The third-order valence-corrected chi connectivity index (χ3v) is 7.25. The first-order chi connectivity index (χ1) is 15.5. The molecular weight excluding hydrogens is 424 g/mol. The molecule has 6 nitrogen and oxygen atoms in total. The van der Waals surface area contributed by atoms with Gasteiger partial charge in [0.1, 0.15) is 0 Å². The summed E-state index contributed by atoms with van der Waals surface area (Å²) in [6.45, 7) is 0.685. The van der Waals surface area contributed by atoms with Gasteiger partial charge in [-0.2, -0.15) is 0 Å². The summed E-state index contributed by atoms with van der Waals surface area (Å²) in [4.78, 5) is 30.4. The number of benzene rings is 2. The second-order valence-corrected chi connectivity index (χ2v) is 9.45. The lowest BCUT2D eigenvalue weighted by atomic mass is 9.94. The fourth-order valence-corrected chi connectivity index (χ4v) is 5.24. The molecular formula is C25H30N2O4S. The second kappa shape index (κ2) is 10.3. The summed E-state index contributed by atoms with van der Waals surface area (Å²) in [5, 5.41) is 0. The lowest BCUT2D eigenvalue weighted by molar-refractivity contribution is -0.129. The molecule has 0 bridgehead atoms. The van der Waals surface area contributed by atoms with Crippen LogP contribution in [0.4, 0.5) is 0 Å². The maximum atomic E-state index is 13.2. The zero-order valence-corrected chi connectivity index (χ0v) is 19.5. The molecule has 2 amide bonds. The van der Waals surface area contributed by atoms with E-state index in [1.165, 1.54) is 31.0 Å². The first-order valence-corrected chi connectivity index (χ1v) is 12.1. The summed E-state index contributed by atoms with van der Waals surface area (Å²) >= 11 is 1.44. The van der Waals surface area contributed by atoms with E-state index in [1.54, 1.807) is 11.9 Å². The zero-order valence-electron chi connectivity index (χ0n) is 18.7. The monoisotopic (exact) mass is 454 g/mol. The van der Waals surface area contributed by atoms with Crippen LogP contribution in [0.5, 0.6) is 11.5 Å². The number of nitrogens with zero attached hydrogens (tertiary/aromatic N) is 2. The quantitative estimate of drug-likeness (QED) is 0.574. The number of carbonyl (C=O) groups excluding carboxylic acids is 2. The van der Waals surface area contributed by atoms with Crippen molar-refractivity contribution in [1.29, 1.82) is 0 Å². The molecule has 0 radical (unpaired) electrons. The van der Waals surface area contributed by atoms with Gasteiger partial charge in [-0.25, -0.2) is 0 Å². The van der Waals surface area contributed by atoms with Crippen LogP contribution < -0.4 is 9.47 Å². The van der Waals surface area contributed by atoms with Crippen molar-refractivity contribution in [2.75, 3.05) is 26.6 Å². The van der Waals surface area contributed by atoms with E-state index in [1.807, 2.05) is 54.4 Å². The molecule has 0 spiro atoms. The number of thioether (sulfide) groups is 1. The van der Waals surface area contributed by atoms with E-state index in [9.17, 15) is 9.59 Å². The van der Waals surface area contributed by atoms with E-state index >= 15 is 0 Å². The van der Waals surface area contributed by atoms with Crippen LogP contribution in [0.1, 0.15) is 48.0 Å². The fourth-order valence-electron chi connectivity index (χ4n) is 4.27. The Balaban J connectivity index is 1.38. The number of rotatable bonds is 7. The molecule has 2 aromatic rings. The van der Waals surface area contributed by atoms with Crippen LogP contribution in [0.25, 0.3) is 0 Å². The summed E-state index contributed by atoms with van der Waals surface area (Å²) < 4.78 is 10.8. The minimum Gasteiger partial charge on any atom is -0.454 e. The lowest BCUT2D eigenvalue weighted by Gasteiger charge is -2.31. The largest absolute Gasteiger partial charge is 0.454 e. The lowest BCUT2D eigenvalue weighted by Crippen LogP contribution is -2.39. The van der Waals surface area contributed by atoms with Crippen LogP contribution in [0.2, 0.25) is 0 Å². The Morgan fingerprint density at radius 3 is 2.56 bits per heavy atom. The van der Waals surface area contributed by atoms with Gasteiger partial charge in [0.15, 0.2) is 11.5 Å². The van der Waals surface area contributed by atoms with Crippen molar-refractivity contribution in [2.24, 2.45) is 0 Å². The van der Waals surface area contributed by atoms with Gasteiger partial charge in [0.25, 0.3) is 5.91 Å². The number of amides is 2. The Morgan fingerprint density at radius 1 is 1.00 bits per heavy atom. The van der Waals surface area contributed by atoms with Crippen LogP contribution in [0.3, 0.4) is 0 Å². The SMILES string of the molecule is CN(Cc1ccc2c(c1)OCO2)C(=O)c1ccccc1SCC(=O)N(C)C1CCCCC1. The van der Waals surface area contributed by atoms with E-state index in [2.05, 4.69) is 0 Å². The summed E-state index contributed by atoms with van der Waals surface area (Å²) in [5.41, 5.74) is 1.59. The van der Waals surface area contributed by atoms with Gasteiger partial charge in [-0.3, -0.25) is 9.59 Å². The minimum atomic E-state index is -0.0705. The molecule has 4 rings (SSSR count). The maximum Gasteiger partial charge on any atom is 0.255 e. The van der Waals surface area contributed by atoms with Gasteiger partial charge in [0.2, 0.25) is 12.7 Å². The zero-order chi connectivity index (χ0) is 22.5. The first kappa shape index (κ1) is 22.5. The smallest absolute Gasteiger partial charge is 0.255 e. The Morgan fingerprint density at radius 2 is 1.75 bits per heavy atom. The van der Waals surface area contributed by atoms with Crippen LogP contribution in [0.15, 0.2) is 47.4 Å². The molecule has 1 saturated carbocycles. The second-order valence-electron chi connectivity index (χ2n) is 8.43. The third-order valence-electron chi connectivity index (χ3n) is 6.19. The summed E-state index contributed by atoms with van der Waals surface area (Å²) in [6.07, 6.45) is 5.84. The van der Waals surface area contributed by atoms with E-state index in [4.69, 9.17) is 9.47 Å². The van der Waals surface area contributed by atoms with Crippen LogP contribution in [-0.4, -0.2) is 54.3 Å². The summed E-state index contributed by atoms with van der Waals surface area (Å²) in [7, 11) is 3.70. The molecule has 1 aliphatic carbocycles. The number of hydrogen-bond acceptors (Lipinski definition) is 5. The summed E-state index contributed by atoms with van der Waals surface area (Å²) in [5.74, 6) is 1.83. The Labute approximate surface area is 193 Å². The minimum absolute atomic E-state index is 0.0705. The highest BCUT2D eigenvalue weighted by Crippen LogP contribution is 2.33. The molecule has 2 aliphatic rings. The van der Waals surface area contributed by atoms with Crippen molar-refractivity contribution in [3.63, 3.8) is 0 Å². The normalized spacial score (nSPS) is 15.4. The predicted molar refractivity (Wildman–Crippen MR) is 125 cm³/mol. The van der Waals surface area contributed by atoms with Gasteiger partial charge in [0, 0.05) is 31.6 Å². The Kier molecular flexibility index (Phi) is 7.25. The van der Waals surface area contributed by atoms with Crippen molar-refractivity contribution >= 4 is 23.6 Å². The fraction of sp³-hybridized carbons (Fsp3) is 0.440. The third kappa shape index (κ3) is 5.21. The highest BCUT2D eigenvalue weighted by Gasteiger charge is 2.23. The van der Waals surface area contributed by atoms with Crippen LogP contribution in [-0.2, 0) is 11.3 Å². The van der Waals surface area contributed by atoms with Crippen LogP contribution >= 0.6 is 11.8 Å². The molecule has 0 unspecified atom stereocenters. The number of hydrogen-bond donors (Lipinski definition) is 0. The van der Waals surface area contributed by atoms with Crippen molar-refractivity contribution in [3.8, 4) is 11.5 Å². The average Bonchev–Trinajstić information content (AvgIpc) is 3.30. The van der Waals surface area contributed by atoms with E-state index < -0.39 is 0 Å². The Hall–Kier alpha value is -2.67. The van der Waals surface area contributed by atoms with Crippen molar-refractivity contribution in [1.82, 2.24) is 9.80 Å². The van der Waals surface area contributed by atoms with Crippen molar-refractivity contribution in [2.45, 2.75) is 49.6 Å². The van der Waals surface area contributed by atoms with Gasteiger partial charge >= 0.3 is 0 Å². The molecule has 0 N–H and O–H groups in total. The number of fused-ring (bicyclic) bond motifs is 1. The van der Waals surface area contributed by atoms with Gasteiger partial charge in [0.05, 0.1) is 11.3 Å². The average molecular weight is 455 g/mol. The highest BCUT2D eigenvalue weighted by molar-refractivity contribution is 8.00. The Bertz CT molecular complexity index is 974. The molecule has 0 aromatic heterocycles. The maximum absolute atomic E-state index is 13.2. The molecule has 1 fully saturated rings. The molecule has 0 atom stereocenters. The van der Waals surface area contributed by atoms with Gasteiger partial charge in [-0.15, -0.1) is 11.8 Å². The highest BCUT2D eigenvalue weighted by atomic mass is 32.2. The number of carbonyl (C=O) groups is 2. The molecule has 170 valence electrons. The van der Waals surface area contributed by atoms with E-state index in [0.29, 0.717) is 29.7 Å². The van der Waals surface area contributed by atoms with Crippen LogP contribution in [0, 0.1) is 0 Å². The molecule has 32 heavy (non-hydrogen) atoms. The van der Waals surface area contributed by atoms with Crippen molar-refractivity contribution < 1.29 is 19.1 Å². The van der Waals surface area contributed by atoms with Crippen molar-refractivity contribution in [3.05, 3.63) is 53.6 Å². The van der Waals surface area contributed by atoms with E-state index in [-0.39, 0.29) is 18.6 Å². The van der Waals surface area contributed by atoms with Gasteiger partial charge < -0.3 is 19.3 Å². The molecule has 0 saturated heterocycles. The first-order valence-electron chi connectivity index (χ1n) is 11.1. The van der Waals surface area contributed by atoms with Gasteiger partial charge in [-0.1, -0.05) is 37.5 Å². The molecule has 1 aliphatic heterocycles. The predicted octanol–water partition coefficient (Wildman–Crippen LogP) is 4.57. The van der Waals surface area contributed by atoms with Gasteiger partial charge in [-0.05, 0) is 42.7 Å².